The number of piperidine rings is 1. The van der Waals surface area contributed by atoms with E-state index in [1.165, 1.54) is 6.20 Å². The van der Waals surface area contributed by atoms with E-state index in [2.05, 4.69) is 4.98 Å². The van der Waals surface area contributed by atoms with E-state index in [1.54, 1.807) is 19.4 Å². The van der Waals surface area contributed by atoms with Crippen LogP contribution in [0.25, 0.3) is 0 Å². The number of nitrogens with zero attached hydrogens (tertiary/aromatic N) is 2. The summed E-state index contributed by atoms with van der Waals surface area (Å²) in [7, 11) is 1.72. The predicted molar refractivity (Wildman–Crippen MR) is 69.8 cm³/mol. The molecule has 1 amide bonds. The Morgan fingerprint density at radius 1 is 1.56 bits per heavy atom. The first kappa shape index (κ1) is 13.3. The summed E-state index contributed by atoms with van der Waals surface area (Å²) in [5.74, 6) is 0.535. The fourth-order valence-corrected chi connectivity index (χ4v) is 2.43. The Balaban J connectivity index is 1.98. The van der Waals surface area contributed by atoms with Crippen molar-refractivity contribution in [3.8, 4) is 0 Å². The van der Waals surface area contributed by atoms with Crippen molar-refractivity contribution >= 4 is 17.5 Å². The Morgan fingerprint density at radius 3 is 2.89 bits per heavy atom. The molecule has 0 saturated carbocycles. The second-order valence-electron chi connectivity index (χ2n) is 4.55. The second-order valence-corrected chi connectivity index (χ2v) is 4.95. The van der Waals surface area contributed by atoms with Gasteiger partial charge in [0.25, 0.3) is 5.91 Å². The molecule has 4 nitrogen and oxygen atoms in total. The van der Waals surface area contributed by atoms with Crippen molar-refractivity contribution in [1.82, 2.24) is 9.88 Å². The summed E-state index contributed by atoms with van der Waals surface area (Å²) in [5, 5.41) is 0.467. The molecule has 1 fully saturated rings. The van der Waals surface area contributed by atoms with Gasteiger partial charge in [-0.1, -0.05) is 11.6 Å². The lowest BCUT2D eigenvalue weighted by molar-refractivity contribution is 0.0613. The number of methoxy groups -OCH3 is 1. The number of halogens is 1. The highest BCUT2D eigenvalue weighted by atomic mass is 35.5. The zero-order valence-electron chi connectivity index (χ0n) is 10.4. The second kappa shape index (κ2) is 6.16. The largest absolute Gasteiger partial charge is 0.384 e. The molecule has 0 atom stereocenters. The molecule has 0 N–H and O–H groups in total. The smallest absolute Gasteiger partial charge is 0.256 e. The van der Waals surface area contributed by atoms with E-state index < -0.39 is 0 Å². The quantitative estimate of drug-likeness (QED) is 0.844. The zero-order valence-corrected chi connectivity index (χ0v) is 11.2. The monoisotopic (exact) mass is 268 g/mol. The molecule has 98 valence electrons. The molecule has 18 heavy (non-hydrogen) atoms. The number of hydrogen-bond donors (Lipinski definition) is 0. The summed E-state index contributed by atoms with van der Waals surface area (Å²) in [6, 6.07) is 1.65. The molecule has 1 aromatic heterocycles. The van der Waals surface area contributed by atoms with E-state index in [1.807, 2.05) is 4.90 Å². The third kappa shape index (κ3) is 3.00. The first-order valence-corrected chi connectivity index (χ1v) is 6.48. The fraction of sp³-hybridized carbons (Fsp3) is 0.538. The first-order chi connectivity index (χ1) is 8.72. The van der Waals surface area contributed by atoms with Gasteiger partial charge in [-0.25, -0.2) is 0 Å². The minimum atomic E-state index is -0.0241. The summed E-state index contributed by atoms with van der Waals surface area (Å²) >= 11 is 6.01. The maximum absolute atomic E-state index is 12.3. The summed E-state index contributed by atoms with van der Waals surface area (Å²) in [6.45, 7) is 2.30. The maximum Gasteiger partial charge on any atom is 0.256 e. The van der Waals surface area contributed by atoms with Gasteiger partial charge in [-0.15, -0.1) is 0 Å². The molecule has 0 aliphatic carbocycles. The number of carbonyl (C=O) groups is 1. The molecule has 2 rings (SSSR count). The summed E-state index contributed by atoms with van der Waals surface area (Å²) in [4.78, 5) is 18.1. The molecule has 2 heterocycles. The number of pyridine rings is 1. The van der Waals surface area contributed by atoms with Crippen molar-refractivity contribution in [2.75, 3.05) is 26.8 Å². The third-order valence-corrected chi connectivity index (χ3v) is 3.63. The zero-order chi connectivity index (χ0) is 13.0. The molecule has 0 spiro atoms. The number of aromatic nitrogens is 1. The molecule has 0 aromatic carbocycles. The van der Waals surface area contributed by atoms with Crippen LogP contribution in [0.3, 0.4) is 0 Å². The molecule has 1 aromatic rings. The molecular formula is C13H17ClN2O2. The Morgan fingerprint density at radius 2 is 2.28 bits per heavy atom. The normalized spacial score (nSPS) is 16.9. The van der Waals surface area contributed by atoms with E-state index in [-0.39, 0.29) is 5.91 Å². The lowest BCUT2D eigenvalue weighted by atomic mass is 9.97. The topological polar surface area (TPSA) is 42.4 Å². The van der Waals surface area contributed by atoms with Gasteiger partial charge in [-0.2, -0.15) is 0 Å². The van der Waals surface area contributed by atoms with Crippen molar-refractivity contribution in [1.29, 1.82) is 0 Å². The van der Waals surface area contributed by atoms with Gasteiger partial charge >= 0.3 is 0 Å². The van der Waals surface area contributed by atoms with Crippen molar-refractivity contribution in [3.05, 3.63) is 29.0 Å². The fourth-order valence-electron chi connectivity index (χ4n) is 2.24. The van der Waals surface area contributed by atoms with Crippen LogP contribution in [0.1, 0.15) is 23.2 Å². The minimum absolute atomic E-state index is 0.0241. The minimum Gasteiger partial charge on any atom is -0.384 e. The average Bonchev–Trinajstić information content (AvgIpc) is 2.40. The van der Waals surface area contributed by atoms with Gasteiger partial charge in [0.05, 0.1) is 10.6 Å². The molecule has 0 bridgehead atoms. The van der Waals surface area contributed by atoms with Crippen LogP contribution in [0.5, 0.6) is 0 Å². The van der Waals surface area contributed by atoms with Crippen LogP contribution in [0.15, 0.2) is 18.5 Å². The van der Waals surface area contributed by atoms with Gasteiger partial charge in [-0.3, -0.25) is 9.78 Å². The van der Waals surface area contributed by atoms with Crippen molar-refractivity contribution in [2.45, 2.75) is 12.8 Å². The predicted octanol–water partition coefficient (Wildman–Crippen LogP) is 2.23. The Labute approximate surface area is 112 Å². The van der Waals surface area contributed by atoms with Gasteiger partial charge in [0.1, 0.15) is 0 Å². The standard InChI is InChI=1S/C13H17ClN2O2/c1-18-9-10-3-6-16(7-4-10)13(17)11-8-15-5-2-12(11)14/h2,5,8,10H,3-4,6-7,9H2,1H3. The first-order valence-electron chi connectivity index (χ1n) is 6.10. The summed E-state index contributed by atoms with van der Waals surface area (Å²) in [5.41, 5.74) is 0.490. The molecule has 5 heteroatoms. The number of likely N-dealkylation sites (tertiary alicyclic amines) is 1. The molecule has 0 radical (unpaired) electrons. The van der Waals surface area contributed by atoms with Crippen LogP contribution in [-0.4, -0.2) is 42.6 Å². The summed E-state index contributed by atoms with van der Waals surface area (Å²) < 4.78 is 5.15. The van der Waals surface area contributed by atoms with Gasteiger partial charge < -0.3 is 9.64 Å². The number of carbonyl (C=O) groups excluding carboxylic acids is 1. The van der Waals surface area contributed by atoms with Gasteiger partial charge in [-0.05, 0) is 24.8 Å². The van der Waals surface area contributed by atoms with Crippen LogP contribution >= 0.6 is 11.6 Å². The lowest BCUT2D eigenvalue weighted by Crippen LogP contribution is -2.39. The number of rotatable bonds is 3. The Hall–Kier alpha value is -1.13. The highest BCUT2D eigenvalue weighted by molar-refractivity contribution is 6.33. The molecule has 1 aliphatic heterocycles. The van der Waals surface area contributed by atoms with Crippen LogP contribution in [-0.2, 0) is 4.74 Å². The van der Waals surface area contributed by atoms with Crippen LogP contribution in [0.4, 0.5) is 0 Å². The summed E-state index contributed by atoms with van der Waals surface area (Å²) in [6.07, 6.45) is 5.09. The van der Waals surface area contributed by atoms with E-state index >= 15 is 0 Å². The molecular weight excluding hydrogens is 252 g/mol. The Bertz CT molecular complexity index is 417. The highest BCUT2D eigenvalue weighted by Crippen LogP contribution is 2.21. The SMILES string of the molecule is COCC1CCN(C(=O)c2cnccc2Cl)CC1. The van der Waals surface area contributed by atoms with Crippen molar-refractivity contribution in [2.24, 2.45) is 5.92 Å². The number of amides is 1. The van der Waals surface area contributed by atoms with Crippen molar-refractivity contribution < 1.29 is 9.53 Å². The third-order valence-electron chi connectivity index (χ3n) is 3.30. The van der Waals surface area contributed by atoms with Crippen LogP contribution < -0.4 is 0 Å². The van der Waals surface area contributed by atoms with E-state index in [0.717, 1.165) is 32.5 Å². The number of ether oxygens (including phenoxy) is 1. The van der Waals surface area contributed by atoms with E-state index in [4.69, 9.17) is 16.3 Å². The van der Waals surface area contributed by atoms with Gasteiger partial charge in [0, 0.05) is 39.2 Å². The van der Waals surface area contributed by atoms with Crippen molar-refractivity contribution in [3.63, 3.8) is 0 Å². The van der Waals surface area contributed by atoms with Gasteiger partial charge in [0.2, 0.25) is 0 Å². The Kier molecular flexibility index (Phi) is 4.55. The molecule has 0 unspecified atom stereocenters. The molecule has 1 saturated heterocycles. The lowest BCUT2D eigenvalue weighted by Gasteiger charge is -2.31. The van der Waals surface area contributed by atoms with Gasteiger partial charge in [0.15, 0.2) is 0 Å². The van der Waals surface area contributed by atoms with E-state index in [9.17, 15) is 4.79 Å². The number of hydrogen-bond acceptors (Lipinski definition) is 3. The average molecular weight is 269 g/mol. The highest BCUT2D eigenvalue weighted by Gasteiger charge is 2.24. The van der Waals surface area contributed by atoms with Crippen LogP contribution in [0.2, 0.25) is 5.02 Å². The maximum atomic E-state index is 12.3. The van der Waals surface area contributed by atoms with E-state index in [0.29, 0.717) is 16.5 Å². The van der Waals surface area contributed by atoms with Crippen LogP contribution in [0, 0.1) is 5.92 Å². The molecule has 1 aliphatic rings.